The van der Waals surface area contributed by atoms with Gasteiger partial charge < -0.3 is 4.43 Å². The Balaban J connectivity index is 2.30. The highest BCUT2D eigenvalue weighted by atomic mass is 28.4. The normalized spacial score (nSPS) is 34.6. The molecule has 0 saturated heterocycles. The van der Waals surface area contributed by atoms with Crippen LogP contribution in [0.1, 0.15) is 12.8 Å². The van der Waals surface area contributed by atoms with Crippen molar-refractivity contribution < 1.29 is 9.22 Å². The first-order valence-corrected chi connectivity index (χ1v) is 8.93. The van der Waals surface area contributed by atoms with Crippen molar-refractivity contribution in [2.75, 3.05) is 0 Å². The average Bonchev–Trinajstić information content (AvgIpc) is 2.42. The average molecular weight is 222 g/mol. The molecule has 0 aromatic carbocycles. The Hall–Kier alpha value is -0.673. The van der Waals surface area contributed by atoms with Crippen LogP contribution in [0.15, 0.2) is 24.3 Å². The molecule has 1 unspecified atom stereocenters. The fourth-order valence-corrected chi connectivity index (χ4v) is 3.85. The number of carbonyl (C=O) groups excluding carboxylic acids is 1. The van der Waals surface area contributed by atoms with E-state index >= 15 is 0 Å². The zero-order valence-electron chi connectivity index (χ0n) is 9.62. The molecule has 0 aliphatic heterocycles. The lowest BCUT2D eigenvalue weighted by Crippen LogP contribution is -2.51. The van der Waals surface area contributed by atoms with Gasteiger partial charge in [-0.15, -0.1) is 0 Å². The first kappa shape index (κ1) is 10.8. The zero-order valence-corrected chi connectivity index (χ0v) is 10.6. The lowest BCUT2D eigenvalue weighted by molar-refractivity contribution is -0.131. The Kier molecular flexibility index (Phi) is 2.47. The Morgan fingerprint density at radius 1 is 1.40 bits per heavy atom. The third-order valence-electron chi connectivity index (χ3n) is 2.96. The smallest absolute Gasteiger partial charge is 0.186 e. The molecule has 2 rings (SSSR count). The van der Waals surface area contributed by atoms with Gasteiger partial charge in [-0.1, -0.05) is 18.2 Å². The maximum absolute atomic E-state index is 12.0. The van der Waals surface area contributed by atoms with Crippen LogP contribution in [0.25, 0.3) is 0 Å². The molecule has 0 aromatic heterocycles. The molecule has 82 valence electrons. The van der Waals surface area contributed by atoms with Gasteiger partial charge in [-0.05, 0) is 32.1 Å². The SMILES string of the molecule is C[Si](C)(C)OC12CC=CC[C@@H]1C=CC2=O. The summed E-state index contributed by atoms with van der Waals surface area (Å²) in [4.78, 5) is 12.0. The molecule has 0 saturated carbocycles. The molecule has 0 N–H and O–H groups in total. The number of fused-ring (bicyclic) bond motifs is 1. The summed E-state index contributed by atoms with van der Waals surface area (Å²) in [6.07, 6.45) is 9.64. The fraction of sp³-hybridized carbons (Fsp3) is 0.583. The third kappa shape index (κ3) is 1.86. The highest BCUT2D eigenvalue weighted by molar-refractivity contribution is 6.70. The first-order chi connectivity index (χ1) is 6.94. The van der Waals surface area contributed by atoms with Crippen molar-refractivity contribution in [3.8, 4) is 0 Å². The van der Waals surface area contributed by atoms with Crippen LogP contribution in [0, 0.1) is 5.92 Å². The number of allylic oxidation sites excluding steroid dienone is 1. The van der Waals surface area contributed by atoms with Gasteiger partial charge in [0.25, 0.3) is 0 Å². The molecule has 15 heavy (non-hydrogen) atoms. The monoisotopic (exact) mass is 222 g/mol. The largest absolute Gasteiger partial charge is 0.404 e. The van der Waals surface area contributed by atoms with Gasteiger partial charge in [-0.3, -0.25) is 4.79 Å². The Labute approximate surface area is 92.1 Å². The van der Waals surface area contributed by atoms with Crippen molar-refractivity contribution >= 4 is 14.1 Å². The lowest BCUT2D eigenvalue weighted by atomic mass is 9.80. The van der Waals surface area contributed by atoms with E-state index in [0.717, 1.165) is 12.8 Å². The molecule has 2 aliphatic rings. The van der Waals surface area contributed by atoms with Crippen LogP contribution in [-0.4, -0.2) is 19.7 Å². The molecule has 0 amide bonds. The molecule has 3 heteroatoms. The van der Waals surface area contributed by atoms with Crippen LogP contribution in [0.3, 0.4) is 0 Å². The molecular weight excluding hydrogens is 204 g/mol. The molecule has 0 spiro atoms. The standard InChI is InChI=1S/C12H18O2Si/c1-15(2,3)14-12-9-5-4-6-10(12)7-8-11(12)13/h4-5,7-8,10H,6,9H2,1-3H3/t10-,12?/m1/s1. The second-order valence-corrected chi connectivity index (χ2v) is 9.77. The molecule has 0 radical (unpaired) electrons. The van der Waals surface area contributed by atoms with E-state index in [4.69, 9.17) is 4.43 Å². The number of ketones is 1. The van der Waals surface area contributed by atoms with Gasteiger partial charge in [0.1, 0.15) is 5.60 Å². The summed E-state index contributed by atoms with van der Waals surface area (Å²) in [5.74, 6) is 0.431. The second kappa shape index (κ2) is 3.42. The number of rotatable bonds is 2. The van der Waals surface area contributed by atoms with E-state index in [9.17, 15) is 4.79 Å². The van der Waals surface area contributed by atoms with Crippen molar-refractivity contribution in [3.63, 3.8) is 0 Å². The molecule has 0 aromatic rings. The van der Waals surface area contributed by atoms with E-state index in [1.807, 2.05) is 6.08 Å². The van der Waals surface area contributed by atoms with Gasteiger partial charge >= 0.3 is 0 Å². The molecule has 2 aliphatic carbocycles. The maximum atomic E-state index is 12.0. The Morgan fingerprint density at radius 2 is 2.13 bits per heavy atom. The van der Waals surface area contributed by atoms with Crippen molar-refractivity contribution in [2.24, 2.45) is 5.92 Å². The minimum absolute atomic E-state index is 0.166. The van der Waals surface area contributed by atoms with E-state index in [1.165, 1.54) is 0 Å². The van der Waals surface area contributed by atoms with Crippen LogP contribution in [-0.2, 0) is 9.22 Å². The van der Waals surface area contributed by atoms with Crippen LogP contribution in [0.2, 0.25) is 19.6 Å². The topological polar surface area (TPSA) is 26.3 Å². The third-order valence-corrected chi connectivity index (χ3v) is 3.94. The fourth-order valence-electron chi connectivity index (χ4n) is 2.42. The molecule has 2 atom stereocenters. The van der Waals surface area contributed by atoms with E-state index in [0.29, 0.717) is 0 Å². The summed E-state index contributed by atoms with van der Waals surface area (Å²) >= 11 is 0. The Bertz CT molecular complexity index is 338. The summed E-state index contributed by atoms with van der Waals surface area (Å²) in [6, 6.07) is 0. The number of carbonyl (C=O) groups is 1. The van der Waals surface area contributed by atoms with Gasteiger partial charge in [-0.25, -0.2) is 0 Å². The molecule has 2 nitrogen and oxygen atoms in total. The minimum atomic E-state index is -1.68. The minimum Gasteiger partial charge on any atom is -0.404 e. The van der Waals surface area contributed by atoms with E-state index in [1.54, 1.807) is 6.08 Å². The highest BCUT2D eigenvalue weighted by Gasteiger charge is 2.49. The lowest BCUT2D eigenvalue weighted by Gasteiger charge is -2.40. The van der Waals surface area contributed by atoms with Crippen LogP contribution in [0.5, 0.6) is 0 Å². The number of hydrogen-bond acceptors (Lipinski definition) is 2. The van der Waals surface area contributed by atoms with Crippen molar-refractivity contribution in [2.45, 2.75) is 38.1 Å². The molecular formula is C12H18O2Si. The first-order valence-electron chi connectivity index (χ1n) is 5.52. The van der Waals surface area contributed by atoms with E-state index < -0.39 is 13.9 Å². The molecule has 0 heterocycles. The number of hydrogen-bond donors (Lipinski definition) is 0. The Morgan fingerprint density at radius 3 is 2.80 bits per heavy atom. The van der Waals surface area contributed by atoms with Crippen LogP contribution < -0.4 is 0 Å². The summed E-state index contributed by atoms with van der Waals surface area (Å²) < 4.78 is 6.18. The predicted molar refractivity (Wildman–Crippen MR) is 63.2 cm³/mol. The van der Waals surface area contributed by atoms with Gasteiger partial charge in [0, 0.05) is 12.3 Å². The summed E-state index contributed by atoms with van der Waals surface area (Å²) in [5.41, 5.74) is -0.542. The summed E-state index contributed by atoms with van der Waals surface area (Å²) in [5, 5.41) is 0. The van der Waals surface area contributed by atoms with Crippen molar-refractivity contribution in [1.82, 2.24) is 0 Å². The van der Waals surface area contributed by atoms with E-state index in [-0.39, 0.29) is 11.7 Å². The molecule has 0 bridgehead atoms. The van der Waals surface area contributed by atoms with Gasteiger partial charge in [0.2, 0.25) is 0 Å². The zero-order chi connectivity index (χ0) is 11.1. The highest BCUT2D eigenvalue weighted by Crippen LogP contribution is 2.41. The van der Waals surface area contributed by atoms with Crippen LogP contribution in [0.4, 0.5) is 0 Å². The van der Waals surface area contributed by atoms with Crippen molar-refractivity contribution in [3.05, 3.63) is 24.3 Å². The van der Waals surface area contributed by atoms with E-state index in [2.05, 4.69) is 31.8 Å². The second-order valence-electron chi connectivity index (χ2n) is 5.35. The van der Waals surface area contributed by atoms with Crippen LogP contribution >= 0.6 is 0 Å². The summed E-state index contributed by atoms with van der Waals surface area (Å²) in [7, 11) is -1.68. The van der Waals surface area contributed by atoms with Gasteiger partial charge in [0.05, 0.1) is 0 Å². The summed E-state index contributed by atoms with van der Waals surface area (Å²) in [6.45, 7) is 6.42. The van der Waals surface area contributed by atoms with Crippen molar-refractivity contribution in [1.29, 1.82) is 0 Å². The molecule has 0 fully saturated rings. The van der Waals surface area contributed by atoms with Gasteiger partial charge in [-0.2, -0.15) is 0 Å². The quantitative estimate of drug-likeness (QED) is 0.530. The van der Waals surface area contributed by atoms with Gasteiger partial charge in [0.15, 0.2) is 14.1 Å². The predicted octanol–water partition coefficient (Wildman–Crippen LogP) is 2.68. The maximum Gasteiger partial charge on any atom is 0.186 e.